The lowest BCUT2D eigenvalue weighted by molar-refractivity contribution is -0.119. The third-order valence-electron chi connectivity index (χ3n) is 3.13. The summed E-state index contributed by atoms with van der Waals surface area (Å²) in [7, 11) is -3.44. The summed E-state index contributed by atoms with van der Waals surface area (Å²) < 4.78 is 25.2. The Morgan fingerprint density at radius 1 is 1.32 bits per heavy atom. The standard InChI is InChI=1S/C13H18N2O3S/c14-12(10-4-2-1-3-5-10)8-9-13(16)15-19(17,18)11-6-7-11/h1-5,11-12H,6-9,14H2,(H,15,16). The van der Waals surface area contributed by atoms with Gasteiger partial charge in [0, 0.05) is 12.5 Å². The Kier molecular flexibility index (Phi) is 4.21. The number of amides is 1. The van der Waals surface area contributed by atoms with Gasteiger partial charge >= 0.3 is 0 Å². The van der Waals surface area contributed by atoms with Gasteiger partial charge < -0.3 is 5.73 Å². The largest absolute Gasteiger partial charge is 0.324 e. The molecule has 0 saturated heterocycles. The van der Waals surface area contributed by atoms with Crippen molar-refractivity contribution in [1.29, 1.82) is 0 Å². The maximum absolute atomic E-state index is 11.6. The summed E-state index contributed by atoms with van der Waals surface area (Å²) in [5, 5.41) is -0.376. The minimum absolute atomic E-state index is 0.113. The Balaban J connectivity index is 1.80. The highest BCUT2D eigenvalue weighted by atomic mass is 32.2. The molecule has 1 aliphatic carbocycles. The van der Waals surface area contributed by atoms with E-state index < -0.39 is 15.9 Å². The summed E-state index contributed by atoms with van der Waals surface area (Å²) in [5.74, 6) is -0.474. The lowest BCUT2D eigenvalue weighted by atomic mass is 10.0. The molecule has 1 fully saturated rings. The summed E-state index contributed by atoms with van der Waals surface area (Å²) in [6.45, 7) is 0. The average Bonchev–Trinajstić information content (AvgIpc) is 3.21. The van der Waals surface area contributed by atoms with E-state index >= 15 is 0 Å². The molecule has 1 unspecified atom stereocenters. The Labute approximate surface area is 113 Å². The van der Waals surface area contributed by atoms with Crippen LogP contribution in [0.1, 0.15) is 37.3 Å². The van der Waals surface area contributed by atoms with E-state index in [2.05, 4.69) is 4.72 Å². The molecule has 2 rings (SSSR count). The van der Waals surface area contributed by atoms with Crippen LogP contribution in [-0.2, 0) is 14.8 Å². The molecular weight excluding hydrogens is 264 g/mol. The number of benzene rings is 1. The summed E-state index contributed by atoms with van der Waals surface area (Å²) in [6.07, 6.45) is 1.83. The van der Waals surface area contributed by atoms with Crippen molar-refractivity contribution >= 4 is 15.9 Å². The molecule has 0 spiro atoms. The fraction of sp³-hybridized carbons (Fsp3) is 0.462. The van der Waals surface area contributed by atoms with Gasteiger partial charge in [-0.25, -0.2) is 8.42 Å². The first-order chi connectivity index (χ1) is 8.99. The van der Waals surface area contributed by atoms with E-state index in [0.717, 1.165) is 5.56 Å². The number of nitrogens with two attached hydrogens (primary N) is 1. The summed E-state index contributed by atoms with van der Waals surface area (Å²) >= 11 is 0. The molecule has 19 heavy (non-hydrogen) atoms. The number of rotatable bonds is 6. The highest BCUT2D eigenvalue weighted by Crippen LogP contribution is 2.27. The van der Waals surface area contributed by atoms with Gasteiger partial charge in [0.15, 0.2) is 0 Å². The minimum Gasteiger partial charge on any atom is -0.324 e. The van der Waals surface area contributed by atoms with Crippen LogP contribution in [0.15, 0.2) is 30.3 Å². The molecule has 1 amide bonds. The number of hydrogen-bond donors (Lipinski definition) is 2. The van der Waals surface area contributed by atoms with E-state index in [1.54, 1.807) is 0 Å². The SMILES string of the molecule is NC(CCC(=O)NS(=O)(=O)C1CC1)c1ccccc1. The topological polar surface area (TPSA) is 89.3 Å². The number of hydrogen-bond acceptors (Lipinski definition) is 4. The smallest absolute Gasteiger partial charge is 0.237 e. The van der Waals surface area contributed by atoms with Gasteiger partial charge in [-0.05, 0) is 24.8 Å². The second-order valence-corrected chi connectivity index (χ2v) is 6.79. The fourth-order valence-electron chi connectivity index (χ4n) is 1.82. The molecule has 6 heteroatoms. The quantitative estimate of drug-likeness (QED) is 0.817. The predicted molar refractivity (Wildman–Crippen MR) is 72.7 cm³/mol. The van der Waals surface area contributed by atoms with E-state index in [0.29, 0.717) is 19.3 Å². The zero-order valence-electron chi connectivity index (χ0n) is 10.6. The maximum atomic E-state index is 11.6. The van der Waals surface area contributed by atoms with Crippen LogP contribution in [0.3, 0.4) is 0 Å². The molecule has 1 aromatic carbocycles. The second-order valence-electron chi connectivity index (χ2n) is 4.83. The lowest BCUT2D eigenvalue weighted by Gasteiger charge is -2.11. The third-order valence-corrected chi connectivity index (χ3v) is 4.99. The van der Waals surface area contributed by atoms with Gasteiger partial charge in [-0.3, -0.25) is 9.52 Å². The van der Waals surface area contributed by atoms with Crippen LogP contribution < -0.4 is 10.5 Å². The molecule has 1 aromatic rings. The summed E-state index contributed by atoms with van der Waals surface area (Å²) in [4.78, 5) is 11.6. The zero-order chi connectivity index (χ0) is 13.9. The lowest BCUT2D eigenvalue weighted by Crippen LogP contribution is -2.33. The number of nitrogens with one attached hydrogen (secondary N) is 1. The zero-order valence-corrected chi connectivity index (χ0v) is 11.4. The van der Waals surface area contributed by atoms with Crippen molar-refractivity contribution in [3.63, 3.8) is 0 Å². The first kappa shape index (κ1) is 14.0. The van der Waals surface area contributed by atoms with Gasteiger partial charge in [-0.1, -0.05) is 30.3 Å². The van der Waals surface area contributed by atoms with Crippen molar-refractivity contribution in [3.05, 3.63) is 35.9 Å². The maximum Gasteiger partial charge on any atom is 0.237 e. The molecular formula is C13H18N2O3S. The van der Waals surface area contributed by atoms with Gasteiger partial charge in [-0.2, -0.15) is 0 Å². The highest BCUT2D eigenvalue weighted by Gasteiger charge is 2.36. The highest BCUT2D eigenvalue weighted by molar-refractivity contribution is 7.90. The van der Waals surface area contributed by atoms with Gasteiger partial charge in [0.2, 0.25) is 15.9 Å². The van der Waals surface area contributed by atoms with Crippen LogP contribution in [0.2, 0.25) is 0 Å². The fourth-order valence-corrected chi connectivity index (χ4v) is 3.17. The van der Waals surface area contributed by atoms with E-state index in [1.807, 2.05) is 30.3 Å². The van der Waals surface area contributed by atoms with Crippen molar-refractivity contribution < 1.29 is 13.2 Å². The summed E-state index contributed by atoms with van der Waals surface area (Å²) in [5.41, 5.74) is 6.89. The Morgan fingerprint density at radius 3 is 2.53 bits per heavy atom. The van der Waals surface area contributed by atoms with Crippen LogP contribution >= 0.6 is 0 Å². The predicted octanol–water partition coefficient (Wildman–Crippen LogP) is 1.07. The van der Waals surface area contributed by atoms with Crippen molar-refractivity contribution in [1.82, 2.24) is 4.72 Å². The van der Waals surface area contributed by atoms with Crippen molar-refractivity contribution in [2.75, 3.05) is 0 Å². The second kappa shape index (κ2) is 5.71. The van der Waals surface area contributed by atoms with Crippen molar-refractivity contribution in [2.24, 2.45) is 5.73 Å². The third kappa shape index (κ3) is 4.04. The average molecular weight is 282 g/mol. The Hall–Kier alpha value is -1.40. The molecule has 0 heterocycles. The Bertz CT molecular complexity index is 538. The van der Waals surface area contributed by atoms with Gasteiger partial charge in [0.25, 0.3) is 0 Å². The van der Waals surface area contributed by atoms with Crippen molar-refractivity contribution in [2.45, 2.75) is 37.0 Å². The monoisotopic (exact) mass is 282 g/mol. The van der Waals surface area contributed by atoms with Crippen LogP contribution in [0, 0.1) is 0 Å². The molecule has 1 atom stereocenters. The molecule has 5 nitrogen and oxygen atoms in total. The Morgan fingerprint density at radius 2 is 1.95 bits per heavy atom. The van der Waals surface area contributed by atoms with E-state index in [4.69, 9.17) is 5.73 Å². The number of sulfonamides is 1. The van der Waals surface area contributed by atoms with Crippen molar-refractivity contribution in [3.8, 4) is 0 Å². The van der Waals surface area contributed by atoms with Crippen LogP contribution in [0.4, 0.5) is 0 Å². The van der Waals surface area contributed by atoms with Crippen LogP contribution in [0.25, 0.3) is 0 Å². The molecule has 104 valence electrons. The van der Waals surface area contributed by atoms with Gasteiger partial charge in [-0.15, -0.1) is 0 Å². The molecule has 0 bridgehead atoms. The van der Waals surface area contributed by atoms with Crippen LogP contribution in [-0.4, -0.2) is 19.6 Å². The molecule has 0 radical (unpaired) electrons. The molecule has 0 aliphatic heterocycles. The van der Waals surface area contributed by atoms with E-state index in [1.165, 1.54) is 0 Å². The minimum atomic E-state index is -3.44. The van der Waals surface area contributed by atoms with Gasteiger partial charge in [0.1, 0.15) is 0 Å². The molecule has 0 aromatic heterocycles. The van der Waals surface area contributed by atoms with E-state index in [9.17, 15) is 13.2 Å². The van der Waals surface area contributed by atoms with Crippen LogP contribution in [0.5, 0.6) is 0 Å². The first-order valence-corrected chi connectivity index (χ1v) is 7.88. The normalized spacial score (nSPS) is 16.9. The molecule has 1 saturated carbocycles. The molecule has 3 N–H and O–H groups in total. The van der Waals surface area contributed by atoms with E-state index in [-0.39, 0.29) is 17.7 Å². The number of carbonyl (C=O) groups is 1. The first-order valence-electron chi connectivity index (χ1n) is 6.34. The number of carbonyl (C=O) groups excluding carboxylic acids is 1. The van der Waals surface area contributed by atoms with Gasteiger partial charge in [0.05, 0.1) is 5.25 Å². The molecule has 1 aliphatic rings. The summed E-state index contributed by atoms with van der Waals surface area (Å²) in [6, 6.07) is 9.19.